The number of alkyl halides is 1. The Morgan fingerprint density at radius 3 is 2.72 bits per heavy atom. The molecule has 0 saturated heterocycles. The third-order valence-electron chi connectivity index (χ3n) is 2.81. The maximum atomic E-state index is 5.40. The average Bonchev–Trinajstić information content (AvgIpc) is 2.86. The van der Waals surface area contributed by atoms with Gasteiger partial charge in [-0.05, 0) is 29.7 Å². The van der Waals surface area contributed by atoms with Gasteiger partial charge in [-0.3, -0.25) is 0 Å². The fourth-order valence-electron chi connectivity index (χ4n) is 1.85. The molecule has 4 heteroatoms. The second kappa shape index (κ2) is 5.85. The Morgan fingerprint density at radius 2 is 2.17 bits per heavy atom. The molecule has 1 aromatic carbocycles. The normalized spacial score (nSPS) is 10.9. The Balaban J connectivity index is 2.42. The fraction of sp³-hybridized carbons (Fsp3) is 0.357. The van der Waals surface area contributed by atoms with Gasteiger partial charge in [-0.25, -0.2) is 4.98 Å². The summed E-state index contributed by atoms with van der Waals surface area (Å²) in [5.41, 5.74) is 3.42. The summed E-state index contributed by atoms with van der Waals surface area (Å²) in [5.74, 6) is 1.39. The first-order valence-electron chi connectivity index (χ1n) is 5.84. The first kappa shape index (κ1) is 13.6. The summed E-state index contributed by atoms with van der Waals surface area (Å²) >= 11 is 5.11. The zero-order valence-electron chi connectivity index (χ0n) is 10.7. The Bertz CT molecular complexity index is 536. The van der Waals surface area contributed by atoms with E-state index in [9.17, 15) is 0 Å². The third-order valence-corrected chi connectivity index (χ3v) is 4.56. The number of halogens is 1. The topological polar surface area (TPSA) is 22.1 Å². The first-order chi connectivity index (χ1) is 8.65. The molecule has 0 radical (unpaired) electrons. The maximum absolute atomic E-state index is 5.40. The van der Waals surface area contributed by atoms with Crippen molar-refractivity contribution in [1.29, 1.82) is 0 Å². The Labute approximate surface area is 120 Å². The predicted molar refractivity (Wildman–Crippen MR) is 80.8 cm³/mol. The van der Waals surface area contributed by atoms with E-state index >= 15 is 0 Å². The van der Waals surface area contributed by atoms with Crippen LogP contribution in [0.2, 0.25) is 0 Å². The molecule has 0 saturated carbocycles. The zero-order chi connectivity index (χ0) is 13.1. The van der Waals surface area contributed by atoms with Crippen LogP contribution >= 0.6 is 27.3 Å². The lowest BCUT2D eigenvalue weighted by Crippen LogP contribution is -1.95. The van der Waals surface area contributed by atoms with Crippen LogP contribution in [0.15, 0.2) is 23.6 Å². The molecule has 0 aliphatic carbocycles. The average molecular weight is 326 g/mol. The molecule has 0 aliphatic heterocycles. The number of methoxy groups -OCH3 is 1. The van der Waals surface area contributed by atoms with Crippen molar-refractivity contribution >= 4 is 27.3 Å². The number of thiazole rings is 1. The van der Waals surface area contributed by atoms with E-state index < -0.39 is 0 Å². The van der Waals surface area contributed by atoms with Gasteiger partial charge in [0.2, 0.25) is 0 Å². The summed E-state index contributed by atoms with van der Waals surface area (Å²) < 4.78 is 5.40. The van der Waals surface area contributed by atoms with E-state index in [0.29, 0.717) is 5.92 Å². The van der Waals surface area contributed by atoms with Gasteiger partial charge < -0.3 is 4.74 Å². The molecule has 0 N–H and O–H groups in total. The minimum atomic E-state index is 0.439. The number of hydrogen-bond donors (Lipinski definition) is 0. The van der Waals surface area contributed by atoms with Crippen molar-refractivity contribution in [1.82, 2.24) is 4.98 Å². The number of rotatable bonds is 4. The molecule has 0 aliphatic rings. The van der Waals surface area contributed by atoms with Crippen LogP contribution in [0, 0.1) is 0 Å². The van der Waals surface area contributed by atoms with Gasteiger partial charge in [0.15, 0.2) is 0 Å². The smallest absolute Gasteiger partial charge is 0.122 e. The van der Waals surface area contributed by atoms with Crippen LogP contribution in [0.4, 0.5) is 0 Å². The van der Waals surface area contributed by atoms with Gasteiger partial charge in [-0.2, -0.15) is 0 Å². The monoisotopic (exact) mass is 325 g/mol. The molecular formula is C14H16BrNOS. The SMILES string of the molecule is COc1ccc(-c2csc(CBr)n2)cc1C(C)C. The number of nitrogens with zero attached hydrogens (tertiary/aromatic N) is 1. The molecule has 2 nitrogen and oxygen atoms in total. The van der Waals surface area contributed by atoms with Crippen LogP contribution in [-0.4, -0.2) is 12.1 Å². The van der Waals surface area contributed by atoms with E-state index in [2.05, 4.69) is 52.3 Å². The molecule has 2 aromatic rings. The molecule has 2 rings (SSSR count). The highest BCUT2D eigenvalue weighted by molar-refractivity contribution is 9.08. The molecule has 0 fully saturated rings. The number of aromatic nitrogens is 1. The first-order valence-corrected chi connectivity index (χ1v) is 7.84. The molecule has 18 heavy (non-hydrogen) atoms. The van der Waals surface area contributed by atoms with Crippen molar-refractivity contribution in [3.05, 3.63) is 34.2 Å². The van der Waals surface area contributed by atoms with Crippen LogP contribution in [0.5, 0.6) is 5.75 Å². The van der Waals surface area contributed by atoms with E-state index in [-0.39, 0.29) is 0 Å². The highest BCUT2D eigenvalue weighted by Crippen LogP contribution is 2.32. The Hall–Kier alpha value is -0.870. The van der Waals surface area contributed by atoms with E-state index in [1.54, 1.807) is 18.4 Å². The second-order valence-corrected chi connectivity index (χ2v) is 5.87. The van der Waals surface area contributed by atoms with Crippen molar-refractivity contribution < 1.29 is 4.74 Å². The summed E-state index contributed by atoms with van der Waals surface area (Å²) in [5, 5.41) is 4.01. The second-order valence-electron chi connectivity index (χ2n) is 4.37. The highest BCUT2D eigenvalue weighted by atomic mass is 79.9. The summed E-state index contributed by atoms with van der Waals surface area (Å²) in [4.78, 5) is 4.59. The maximum Gasteiger partial charge on any atom is 0.122 e. The molecule has 1 heterocycles. The summed E-state index contributed by atoms with van der Waals surface area (Å²) in [7, 11) is 1.71. The lowest BCUT2D eigenvalue weighted by atomic mass is 9.99. The highest BCUT2D eigenvalue weighted by Gasteiger charge is 2.11. The minimum Gasteiger partial charge on any atom is -0.496 e. The van der Waals surface area contributed by atoms with E-state index in [1.807, 2.05) is 6.07 Å². The Morgan fingerprint density at radius 1 is 1.39 bits per heavy atom. The molecule has 1 aromatic heterocycles. The molecular weight excluding hydrogens is 310 g/mol. The number of benzene rings is 1. The van der Waals surface area contributed by atoms with E-state index in [0.717, 1.165) is 27.3 Å². The number of hydrogen-bond acceptors (Lipinski definition) is 3. The van der Waals surface area contributed by atoms with Crippen molar-refractivity contribution in [3.8, 4) is 17.0 Å². The number of ether oxygens (including phenoxy) is 1. The van der Waals surface area contributed by atoms with E-state index in [4.69, 9.17) is 4.74 Å². The van der Waals surface area contributed by atoms with Gasteiger partial charge in [0, 0.05) is 10.9 Å². The standard InChI is InChI=1S/C14H16BrNOS/c1-9(2)11-6-10(4-5-13(11)17-3)12-8-18-14(7-15)16-12/h4-6,8-9H,7H2,1-3H3. The fourth-order valence-corrected chi connectivity index (χ4v) is 3.02. The molecule has 0 unspecified atom stereocenters. The van der Waals surface area contributed by atoms with E-state index in [1.165, 1.54) is 5.56 Å². The summed E-state index contributed by atoms with van der Waals surface area (Å²) in [6.45, 7) is 4.35. The van der Waals surface area contributed by atoms with Crippen molar-refractivity contribution in [2.45, 2.75) is 25.1 Å². The van der Waals surface area contributed by atoms with Crippen LogP contribution < -0.4 is 4.74 Å². The van der Waals surface area contributed by atoms with Crippen LogP contribution in [0.1, 0.15) is 30.3 Å². The molecule has 0 bridgehead atoms. The largest absolute Gasteiger partial charge is 0.496 e. The predicted octanol–water partition coefficient (Wildman–Crippen LogP) is 4.84. The minimum absolute atomic E-state index is 0.439. The van der Waals surface area contributed by atoms with Crippen LogP contribution in [0.3, 0.4) is 0 Å². The van der Waals surface area contributed by atoms with Crippen molar-refractivity contribution in [3.63, 3.8) is 0 Å². The quantitative estimate of drug-likeness (QED) is 0.750. The zero-order valence-corrected chi connectivity index (χ0v) is 13.1. The van der Waals surface area contributed by atoms with Crippen molar-refractivity contribution in [2.75, 3.05) is 7.11 Å². The van der Waals surface area contributed by atoms with Gasteiger partial charge in [0.25, 0.3) is 0 Å². The van der Waals surface area contributed by atoms with Gasteiger partial charge in [0.05, 0.1) is 18.1 Å². The summed E-state index contributed by atoms with van der Waals surface area (Å²) in [6, 6.07) is 6.27. The molecule has 0 atom stereocenters. The molecule has 0 spiro atoms. The lowest BCUT2D eigenvalue weighted by molar-refractivity contribution is 0.407. The van der Waals surface area contributed by atoms with Gasteiger partial charge in [0.1, 0.15) is 10.8 Å². The van der Waals surface area contributed by atoms with Gasteiger partial charge >= 0.3 is 0 Å². The third kappa shape index (κ3) is 2.75. The lowest BCUT2D eigenvalue weighted by Gasteiger charge is -2.12. The van der Waals surface area contributed by atoms with Crippen LogP contribution in [-0.2, 0) is 5.33 Å². The van der Waals surface area contributed by atoms with Gasteiger partial charge in [-0.1, -0.05) is 29.8 Å². The van der Waals surface area contributed by atoms with Crippen molar-refractivity contribution in [2.24, 2.45) is 0 Å². The van der Waals surface area contributed by atoms with Crippen LogP contribution in [0.25, 0.3) is 11.3 Å². The van der Waals surface area contributed by atoms with Gasteiger partial charge in [-0.15, -0.1) is 11.3 Å². The summed E-state index contributed by atoms with van der Waals surface area (Å²) in [6.07, 6.45) is 0. The molecule has 96 valence electrons. The molecule has 0 amide bonds. The Kier molecular flexibility index (Phi) is 4.40.